The molecule has 0 spiro atoms. The van der Waals surface area contributed by atoms with E-state index < -0.39 is 18.1 Å². The number of hydrogen-bond donors (Lipinski definition) is 2. The van der Waals surface area contributed by atoms with Crippen LogP contribution in [0, 0.1) is 13.8 Å². The van der Waals surface area contributed by atoms with Gasteiger partial charge in [0, 0.05) is 31.1 Å². The first-order chi connectivity index (χ1) is 15.9. The lowest BCUT2D eigenvalue weighted by Crippen LogP contribution is -2.47. The van der Waals surface area contributed by atoms with E-state index in [1.54, 1.807) is 13.0 Å². The number of aliphatic hydroxyl groups excluding tert-OH is 1. The van der Waals surface area contributed by atoms with Gasteiger partial charge in [0.25, 0.3) is 0 Å². The molecule has 0 bridgehead atoms. The Morgan fingerprint density at radius 2 is 2.03 bits per heavy atom. The van der Waals surface area contributed by atoms with Crippen LogP contribution in [0.25, 0.3) is 11.3 Å². The molecule has 2 amide bonds. The molecule has 0 saturated carbocycles. The summed E-state index contributed by atoms with van der Waals surface area (Å²) in [7, 11) is 0. The van der Waals surface area contributed by atoms with E-state index >= 15 is 0 Å². The fourth-order valence-electron chi connectivity index (χ4n) is 4.21. The number of oxazole rings is 1. The number of likely N-dealkylation sites (tertiary alicyclic amines) is 1. The second-order valence-electron chi connectivity index (χ2n) is 8.41. The van der Waals surface area contributed by atoms with Crippen molar-refractivity contribution < 1.29 is 23.6 Å². The standard InChI is InChI=1S/C24H28N4O5/c1-4-19(21-9-14(2)27-33-21)24(31)28-12-18(29)10-20(28)23(30)25-11-16-5-7-17(8-6-16)22-15(3)26-13-32-22/h5-9,13,18-20,29H,4,10-12H2,1-3H3,(H,25,30)/t18-,19-,20+/m1/s1. The third kappa shape index (κ3) is 4.83. The van der Waals surface area contributed by atoms with Gasteiger partial charge in [0.1, 0.15) is 11.8 Å². The average Bonchev–Trinajstić information content (AvgIpc) is 3.53. The minimum absolute atomic E-state index is 0.117. The maximum absolute atomic E-state index is 13.2. The van der Waals surface area contributed by atoms with Crippen molar-refractivity contribution in [3.8, 4) is 11.3 Å². The number of aromatic nitrogens is 2. The summed E-state index contributed by atoms with van der Waals surface area (Å²) in [5.74, 6) is 0.115. The molecule has 4 rings (SSSR count). The monoisotopic (exact) mass is 452 g/mol. The third-order valence-corrected chi connectivity index (χ3v) is 5.99. The minimum Gasteiger partial charge on any atom is -0.443 e. The van der Waals surface area contributed by atoms with Crippen molar-refractivity contribution in [3.63, 3.8) is 0 Å². The summed E-state index contributed by atoms with van der Waals surface area (Å²) in [6.07, 6.45) is 1.37. The maximum Gasteiger partial charge on any atom is 0.243 e. The van der Waals surface area contributed by atoms with Gasteiger partial charge in [-0.3, -0.25) is 9.59 Å². The Balaban J connectivity index is 1.41. The molecule has 1 aliphatic heterocycles. The van der Waals surface area contributed by atoms with Gasteiger partial charge in [0.15, 0.2) is 12.2 Å². The first kappa shape index (κ1) is 22.7. The molecule has 174 valence electrons. The molecule has 9 nitrogen and oxygen atoms in total. The van der Waals surface area contributed by atoms with Gasteiger partial charge >= 0.3 is 0 Å². The van der Waals surface area contributed by atoms with Crippen LogP contribution in [0.3, 0.4) is 0 Å². The van der Waals surface area contributed by atoms with Crippen LogP contribution >= 0.6 is 0 Å². The number of amides is 2. The molecule has 33 heavy (non-hydrogen) atoms. The second kappa shape index (κ2) is 9.58. The molecule has 0 unspecified atom stereocenters. The van der Waals surface area contributed by atoms with E-state index in [9.17, 15) is 14.7 Å². The van der Waals surface area contributed by atoms with E-state index in [0.717, 1.165) is 16.8 Å². The molecule has 3 heterocycles. The van der Waals surface area contributed by atoms with Crippen LogP contribution in [0.15, 0.2) is 45.7 Å². The fourth-order valence-corrected chi connectivity index (χ4v) is 4.21. The predicted octanol–water partition coefficient (Wildman–Crippen LogP) is 2.72. The van der Waals surface area contributed by atoms with Crippen LogP contribution < -0.4 is 5.32 Å². The summed E-state index contributed by atoms with van der Waals surface area (Å²) in [5, 5.41) is 17.0. The Hall–Kier alpha value is -3.46. The number of nitrogens with one attached hydrogen (secondary N) is 1. The van der Waals surface area contributed by atoms with Gasteiger partial charge in [-0.25, -0.2) is 4.98 Å². The number of aryl methyl sites for hydroxylation is 2. The zero-order valence-electron chi connectivity index (χ0n) is 18.9. The average molecular weight is 453 g/mol. The normalized spacial score (nSPS) is 19.0. The van der Waals surface area contributed by atoms with E-state index in [1.165, 1.54) is 11.3 Å². The highest BCUT2D eigenvalue weighted by atomic mass is 16.5. The summed E-state index contributed by atoms with van der Waals surface area (Å²) in [5.41, 5.74) is 3.32. The molecule has 1 fully saturated rings. The van der Waals surface area contributed by atoms with Gasteiger partial charge < -0.3 is 24.3 Å². The lowest BCUT2D eigenvalue weighted by molar-refractivity contribution is -0.140. The number of carbonyl (C=O) groups excluding carboxylic acids is 2. The van der Waals surface area contributed by atoms with Crippen molar-refractivity contribution in [2.45, 2.75) is 58.2 Å². The van der Waals surface area contributed by atoms with Crippen molar-refractivity contribution in [2.24, 2.45) is 0 Å². The van der Waals surface area contributed by atoms with Gasteiger partial charge in [0.05, 0.1) is 23.4 Å². The van der Waals surface area contributed by atoms with Crippen LogP contribution in [0.2, 0.25) is 0 Å². The number of β-amino-alcohol motifs (C(OH)–C–C–N with tert-alkyl or cyclic N) is 1. The molecule has 2 N–H and O–H groups in total. The number of nitrogens with zero attached hydrogens (tertiary/aromatic N) is 3. The van der Waals surface area contributed by atoms with Crippen LogP contribution in [-0.4, -0.2) is 50.7 Å². The van der Waals surface area contributed by atoms with Crippen molar-refractivity contribution in [2.75, 3.05) is 6.54 Å². The van der Waals surface area contributed by atoms with E-state index in [0.29, 0.717) is 30.2 Å². The van der Waals surface area contributed by atoms with Crippen LogP contribution in [-0.2, 0) is 16.1 Å². The summed E-state index contributed by atoms with van der Waals surface area (Å²) < 4.78 is 10.7. The molecule has 1 aromatic carbocycles. The molecule has 0 aliphatic carbocycles. The van der Waals surface area contributed by atoms with Crippen molar-refractivity contribution in [3.05, 3.63) is 59.4 Å². The summed E-state index contributed by atoms with van der Waals surface area (Å²) in [6, 6.07) is 8.64. The number of hydrogen-bond acceptors (Lipinski definition) is 7. The third-order valence-electron chi connectivity index (χ3n) is 5.99. The van der Waals surface area contributed by atoms with E-state index in [4.69, 9.17) is 8.94 Å². The number of carbonyl (C=O) groups is 2. The molecule has 2 aromatic heterocycles. The number of aliphatic hydroxyl groups is 1. The predicted molar refractivity (Wildman–Crippen MR) is 119 cm³/mol. The Labute approximate surface area is 191 Å². The molecular weight excluding hydrogens is 424 g/mol. The Kier molecular flexibility index (Phi) is 6.60. The molecule has 3 atom stereocenters. The lowest BCUT2D eigenvalue weighted by Gasteiger charge is -2.26. The Bertz CT molecular complexity index is 1120. The fraction of sp³-hybridized carbons (Fsp3) is 0.417. The number of benzene rings is 1. The quantitative estimate of drug-likeness (QED) is 0.565. The highest BCUT2D eigenvalue weighted by Crippen LogP contribution is 2.28. The summed E-state index contributed by atoms with van der Waals surface area (Å²) >= 11 is 0. The maximum atomic E-state index is 13.2. The molecule has 9 heteroatoms. The number of rotatable bonds is 7. The first-order valence-corrected chi connectivity index (χ1v) is 11.1. The molecule has 1 saturated heterocycles. The van der Waals surface area contributed by atoms with Crippen LogP contribution in [0.1, 0.15) is 48.4 Å². The van der Waals surface area contributed by atoms with Gasteiger partial charge in [-0.1, -0.05) is 36.3 Å². The van der Waals surface area contributed by atoms with E-state index in [-0.39, 0.29) is 24.8 Å². The van der Waals surface area contributed by atoms with Crippen LogP contribution in [0.5, 0.6) is 0 Å². The highest BCUT2D eigenvalue weighted by molar-refractivity contribution is 5.91. The van der Waals surface area contributed by atoms with Crippen molar-refractivity contribution >= 4 is 11.8 Å². The topological polar surface area (TPSA) is 122 Å². The molecule has 3 aromatic rings. The minimum atomic E-state index is -0.747. The van der Waals surface area contributed by atoms with E-state index in [2.05, 4.69) is 15.5 Å². The van der Waals surface area contributed by atoms with Crippen molar-refractivity contribution in [1.82, 2.24) is 20.4 Å². The Morgan fingerprint density at radius 1 is 1.27 bits per heavy atom. The van der Waals surface area contributed by atoms with Gasteiger partial charge in [-0.05, 0) is 25.8 Å². The largest absolute Gasteiger partial charge is 0.443 e. The molecule has 0 radical (unpaired) electrons. The van der Waals surface area contributed by atoms with E-state index in [1.807, 2.05) is 38.1 Å². The Morgan fingerprint density at radius 3 is 2.64 bits per heavy atom. The zero-order chi connectivity index (χ0) is 23.5. The summed E-state index contributed by atoms with van der Waals surface area (Å²) in [4.78, 5) is 31.7. The zero-order valence-corrected chi connectivity index (χ0v) is 18.9. The summed E-state index contributed by atoms with van der Waals surface area (Å²) in [6.45, 7) is 5.97. The molecular formula is C24H28N4O5. The van der Waals surface area contributed by atoms with Gasteiger partial charge in [-0.15, -0.1) is 0 Å². The lowest BCUT2D eigenvalue weighted by atomic mass is 10.0. The van der Waals surface area contributed by atoms with Gasteiger partial charge in [0.2, 0.25) is 11.8 Å². The SMILES string of the molecule is CC[C@@H](C(=O)N1C[C@H](O)C[C@H]1C(=O)NCc1ccc(-c2ocnc2C)cc1)c1cc(C)no1. The first-order valence-electron chi connectivity index (χ1n) is 11.1. The highest BCUT2D eigenvalue weighted by Gasteiger charge is 2.41. The van der Waals surface area contributed by atoms with Crippen LogP contribution in [0.4, 0.5) is 0 Å². The second-order valence-corrected chi connectivity index (χ2v) is 8.41. The van der Waals surface area contributed by atoms with Gasteiger partial charge in [-0.2, -0.15) is 0 Å². The van der Waals surface area contributed by atoms with Crippen molar-refractivity contribution in [1.29, 1.82) is 0 Å². The molecule has 1 aliphatic rings. The smallest absolute Gasteiger partial charge is 0.243 e.